The van der Waals surface area contributed by atoms with Crippen LogP contribution < -0.4 is 10.2 Å². The van der Waals surface area contributed by atoms with Crippen LogP contribution in [0.2, 0.25) is 0 Å². The highest BCUT2D eigenvalue weighted by atomic mass is 79.9. The number of nitrogens with zero attached hydrogens (tertiary/aromatic N) is 4. The monoisotopic (exact) mass is 527 g/mol. The number of pyridine rings is 1. The minimum absolute atomic E-state index is 0.0899. The summed E-state index contributed by atoms with van der Waals surface area (Å²) in [6.07, 6.45) is 0.987. The van der Waals surface area contributed by atoms with Crippen molar-refractivity contribution in [2.24, 2.45) is 0 Å². The molecule has 9 nitrogen and oxygen atoms in total. The Labute approximate surface area is 206 Å². The minimum Gasteiger partial charge on any atom is -0.444 e. The van der Waals surface area contributed by atoms with E-state index in [4.69, 9.17) is 4.74 Å². The Bertz CT molecular complexity index is 1220. The molecule has 4 rings (SSSR count). The number of carbonyl (C=O) groups excluding carboxylic acids is 1. The number of piperazine rings is 1. The normalized spacial score (nSPS) is 14.2. The number of nitrogens with one attached hydrogen (secondary N) is 1. The summed E-state index contributed by atoms with van der Waals surface area (Å²) in [7, 11) is 0. The number of hydrogen-bond acceptors (Lipinski definition) is 7. The SMILES string of the molecule is CC(C)(C)OC(=O)N1CCN(c2ccc(Nc3c([N+](=O)[O-])cnc4ccc(Br)cc34)cc2)CC1. The molecule has 1 aliphatic rings. The topological polar surface area (TPSA) is 101 Å². The maximum absolute atomic E-state index is 12.3. The Kier molecular flexibility index (Phi) is 6.60. The number of anilines is 3. The van der Waals surface area contributed by atoms with Crippen molar-refractivity contribution in [3.63, 3.8) is 0 Å². The van der Waals surface area contributed by atoms with E-state index in [1.807, 2.05) is 63.2 Å². The molecule has 1 amide bonds. The summed E-state index contributed by atoms with van der Waals surface area (Å²) in [5, 5.41) is 15.5. The Balaban J connectivity index is 1.48. The van der Waals surface area contributed by atoms with Gasteiger partial charge in [0.15, 0.2) is 0 Å². The third kappa shape index (κ3) is 5.39. The number of rotatable bonds is 4. The molecule has 0 spiro atoms. The molecule has 1 aromatic heterocycles. The molecule has 1 N–H and O–H groups in total. The van der Waals surface area contributed by atoms with Gasteiger partial charge in [-0.1, -0.05) is 15.9 Å². The fraction of sp³-hybridized carbons (Fsp3) is 0.333. The van der Waals surface area contributed by atoms with Gasteiger partial charge in [0.25, 0.3) is 0 Å². The number of benzene rings is 2. The fourth-order valence-corrected chi connectivity index (χ4v) is 4.16. The third-order valence-electron chi connectivity index (χ3n) is 5.44. The molecule has 2 aromatic carbocycles. The zero-order valence-corrected chi connectivity index (χ0v) is 20.8. The van der Waals surface area contributed by atoms with E-state index in [1.165, 1.54) is 6.20 Å². The van der Waals surface area contributed by atoms with Crippen molar-refractivity contribution >= 4 is 55.7 Å². The van der Waals surface area contributed by atoms with Crippen LogP contribution in [0.5, 0.6) is 0 Å². The Morgan fingerprint density at radius 2 is 1.79 bits per heavy atom. The first-order valence-electron chi connectivity index (χ1n) is 10.9. The van der Waals surface area contributed by atoms with E-state index in [1.54, 1.807) is 4.90 Å². The van der Waals surface area contributed by atoms with Gasteiger partial charge < -0.3 is 19.9 Å². The Hall–Kier alpha value is -3.40. The lowest BCUT2D eigenvalue weighted by Crippen LogP contribution is -2.50. The highest BCUT2D eigenvalue weighted by Crippen LogP contribution is 2.35. The summed E-state index contributed by atoms with van der Waals surface area (Å²) in [6, 6.07) is 13.2. The Morgan fingerprint density at radius 1 is 1.12 bits per heavy atom. The second-order valence-corrected chi connectivity index (χ2v) is 9.98. The van der Waals surface area contributed by atoms with Gasteiger partial charge in [0, 0.05) is 47.4 Å². The molecular formula is C24H26BrN5O4. The van der Waals surface area contributed by atoms with Gasteiger partial charge in [-0.15, -0.1) is 0 Å². The molecule has 0 atom stereocenters. The third-order valence-corrected chi connectivity index (χ3v) is 5.93. The Morgan fingerprint density at radius 3 is 2.41 bits per heavy atom. The van der Waals surface area contributed by atoms with Crippen molar-refractivity contribution in [2.45, 2.75) is 26.4 Å². The quantitative estimate of drug-likeness (QED) is 0.342. The predicted octanol–water partition coefficient (Wildman–Crippen LogP) is 5.71. The van der Waals surface area contributed by atoms with Crippen LogP contribution in [0, 0.1) is 10.1 Å². The second-order valence-electron chi connectivity index (χ2n) is 9.06. The predicted molar refractivity (Wildman–Crippen MR) is 136 cm³/mol. The van der Waals surface area contributed by atoms with Crippen molar-refractivity contribution in [1.82, 2.24) is 9.88 Å². The van der Waals surface area contributed by atoms with E-state index in [9.17, 15) is 14.9 Å². The summed E-state index contributed by atoms with van der Waals surface area (Å²) in [4.78, 5) is 31.6. The van der Waals surface area contributed by atoms with Gasteiger partial charge in [-0.3, -0.25) is 10.1 Å². The number of carbonyl (C=O) groups is 1. The summed E-state index contributed by atoms with van der Waals surface area (Å²) >= 11 is 3.43. The highest BCUT2D eigenvalue weighted by Gasteiger charge is 2.26. The lowest BCUT2D eigenvalue weighted by molar-refractivity contribution is -0.384. The number of fused-ring (bicyclic) bond motifs is 1. The first kappa shape index (κ1) is 23.7. The van der Waals surface area contributed by atoms with E-state index in [0.29, 0.717) is 42.8 Å². The van der Waals surface area contributed by atoms with E-state index in [-0.39, 0.29) is 11.8 Å². The molecule has 0 saturated carbocycles. The molecule has 1 fully saturated rings. The molecular weight excluding hydrogens is 502 g/mol. The lowest BCUT2D eigenvalue weighted by atomic mass is 10.1. The summed E-state index contributed by atoms with van der Waals surface area (Å²) in [5.74, 6) is 0. The molecule has 1 aliphatic heterocycles. The molecule has 34 heavy (non-hydrogen) atoms. The van der Waals surface area contributed by atoms with Crippen molar-refractivity contribution in [3.05, 3.63) is 63.2 Å². The molecule has 178 valence electrons. The van der Waals surface area contributed by atoms with Gasteiger partial charge in [0.2, 0.25) is 0 Å². The average molecular weight is 528 g/mol. The van der Waals surface area contributed by atoms with Crippen molar-refractivity contribution < 1.29 is 14.5 Å². The van der Waals surface area contributed by atoms with E-state index in [0.717, 1.165) is 15.8 Å². The lowest BCUT2D eigenvalue weighted by Gasteiger charge is -2.36. The average Bonchev–Trinajstić information content (AvgIpc) is 2.78. The zero-order chi connectivity index (χ0) is 24.5. The van der Waals surface area contributed by atoms with Crippen LogP contribution in [0.15, 0.2) is 53.1 Å². The molecule has 10 heteroatoms. The standard InChI is InChI=1S/C24H26BrN5O4/c1-24(2,3)34-23(31)29-12-10-28(11-13-29)18-7-5-17(6-8-18)27-22-19-14-16(25)4-9-20(19)26-15-21(22)30(32)33/h4-9,14-15H,10-13H2,1-3H3,(H,26,27). The maximum Gasteiger partial charge on any atom is 0.410 e. The second kappa shape index (κ2) is 9.46. The number of hydrogen-bond donors (Lipinski definition) is 1. The summed E-state index contributed by atoms with van der Waals surface area (Å²) in [5.41, 5.74) is 2.21. The van der Waals surface area contributed by atoms with E-state index >= 15 is 0 Å². The van der Waals surface area contributed by atoms with Crippen LogP contribution in [0.1, 0.15) is 20.8 Å². The van der Waals surface area contributed by atoms with Crippen LogP contribution in [0.3, 0.4) is 0 Å². The number of ether oxygens (including phenoxy) is 1. The van der Waals surface area contributed by atoms with Gasteiger partial charge in [-0.05, 0) is 63.2 Å². The molecule has 0 aliphatic carbocycles. The number of amides is 1. The van der Waals surface area contributed by atoms with Gasteiger partial charge in [-0.2, -0.15) is 0 Å². The van der Waals surface area contributed by atoms with Crippen molar-refractivity contribution in [2.75, 3.05) is 36.4 Å². The van der Waals surface area contributed by atoms with Gasteiger partial charge in [0.05, 0.1) is 10.4 Å². The summed E-state index contributed by atoms with van der Waals surface area (Å²) < 4.78 is 6.27. The fourth-order valence-electron chi connectivity index (χ4n) is 3.80. The van der Waals surface area contributed by atoms with Crippen LogP contribution in [0.25, 0.3) is 10.9 Å². The number of aromatic nitrogens is 1. The minimum atomic E-state index is -0.512. The van der Waals surface area contributed by atoms with E-state index in [2.05, 4.69) is 31.1 Å². The molecule has 2 heterocycles. The van der Waals surface area contributed by atoms with E-state index < -0.39 is 10.5 Å². The zero-order valence-electron chi connectivity index (χ0n) is 19.2. The smallest absolute Gasteiger partial charge is 0.410 e. The van der Waals surface area contributed by atoms with Crippen LogP contribution in [-0.2, 0) is 4.74 Å². The largest absolute Gasteiger partial charge is 0.444 e. The highest BCUT2D eigenvalue weighted by molar-refractivity contribution is 9.10. The van der Waals surface area contributed by atoms with Crippen LogP contribution >= 0.6 is 15.9 Å². The van der Waals surface area contributed by atoms with Crippen LogP contribution in [0.4, 0.5) is 27.5 Å². The molecule has 3 aromatic rings. The first-order chi connectivity index (χ1) is 16.1. The number of halogens is 1. The van der Waals surface area contributed by atoms with Crippen molar-refractivity contribution in [3.8, 4) is 0 Å². The number of nitro groups is 1. The molecule has 1 saturated heterocycles. The summed E-state index contributed by atoms with van der Waals surface area (Å²) in [6.45, 7) is 8.13. The maximum atomic E-state index is 12.3. The van der Waals surface area contributed by atoms with Gasteiger partial charge in [0.1, 0.15) is 17.5 Å². The van der Waals surface area contributed by atoms with Crippen LogP contribution in [-0.4, -0.2) is 52.7 Å². The molecule has 0 bridgehead atoms. The van der Waals surface area contributed by atoms with Crippen molar-refractivity contribution in [1.29, 1.82) is 0 Å². The molecule has 0 radical (unpaired) electrons. The van der Waals surface area contributed by atoms with Gasteiger partial charge in [-0.25, -0.2) is 9.78 Å². The first-order valence-corrected chi connectivity index (χ1v) is 11.7. The van der Waals surface area contributed by atoms with Gasteiger partial charge >= 0.3 is 11.8 Å². The molecule has 0 unspecified atom stereocenters.